The minimum absolute atomic E-state index is 0.0120. The Morgan fingerprint density at radius 2 is 1.75 bits per heavy atom. The van der Waals surface area contributed by atoms with Crippen molar-refractivity contribution in [3.8, 4) is 5.75 Å². The van der Waals surface area contributed by atoms with Crippen LogP contribution in [-0.4, -0.2) is 58.4 Å². The lowest BCUT2D eigenvalue weighted by atomic mass is 10.1. The maximum absolute atomic E-state index is 13.9. The van der Waals surface area contributed by atoms with Gasteiger partial charge in [0.05, 0.1) is 25.9 Å². The number of carbonyl (C=O) groups excluding carboxylic acids is 1. The van der Waals surface area contributed by atoms with Crippen LogP contribution in [0.4, 0.5) is 4.39 Å². The fourth-order valence-electron chi connectivity index (χ4n) is 1.68. The number of halogens is 1. The third-order valence-electron chi connectivity index (χ3n) is 2.82. The van der Waals surface area contributed by atoms with E-state index in [0.717, 1.165) is 0 Å². The van der Waals surface area contributed by atoms with Crippen molar-refractivity contribution in [2.75, 3.05) is 47.6 Å². The Bertz CT molecular complexity index is 431. The number of benzene rings is 1. The van der Waals surface area contributed by atoms with Crippen molar-refractivity contribution in [2.45, 2.75) is 0 Å². The number of amides is 1. The maximum Gasteiger partial charge on any atom is 0.256 e. The van der Waals surface area contributed by atoms with Crippen molar-refractivity contribution in [3.05, 3.63) is 29.6 Å². The predicted octanol–water partition coefficient (Wildman–Crippen LogP) is 1.57. The number of ether oxygens (including phenoxy) is 3. The second kappa shape index (κ2) is 8.50. The summed E-state index contributed by atoms with van der Waals surface area (Å²) in [4.78, 5) is 13.8. The van der Waals surface area contributed by atoms with E-state index in [4.69, 9.17) is 14.2 Å². The monoisotopic (exact) mass is 285 g/mol. The molecular formula is C14H20FNO4. The van der Waals surface area contributed by atoms with Crippen LogP contribution in [0, 0.1) is 5.82 Å². The Labute approximate surface area is 118 Å². The molecule has 0 bridgehead atoms. The molecule has 6 heteroatoms. The van der Waals surface area contributed by atoms with Gasteiger partial charge in [0.15, 0.2) is 0 Å². The van der Waals surface area contributed by atoms with Gasteiger partial charge in [-0.2, -0.15) is 0 Å². The molecule has 20 heavy (non-hydrogen) atoms. The molecule has 0 aliphatic carbocycles. The Hall–Kier alpha value is -1.66. The second-order valence-electron chi connectivity index (χ2n) is 4.12. The predicted molar refractivity (Wildman–Crippen MR) is 72.6 cm³/mol. The first-order chi connectivity index (χ1) is 9.63. The van der Waals surface area contributed by atoms with Gasteiger partial charge in [-0.05, 0) is 12.1 Å². The van der Waals surface area contributed by atoms with Crippen LogP contribution in [-0.2, 0) is 9.47 Å². The van der Waals surface area contributed by atoms with Crippen LogP contribution in [0.5, 0.6) is 5.75 Å². The summed E-state index contributed by atoms with van der Waals surface area (Å²) >= 11 is 0. The number of nitrogens with zero attached hydrogens (tertiary/aromatic N) is 1. The molecule has 0 saturated carbocycles. The van der Waals surface area contributed by atoms with Gasteiger partial charge in [-0.3, -0.25) is 4.79 Å². The lowest BCUT2D eigenvalue weighted by Gasteiger charge is -2.22. The number of rotatable bonds is 8. The second-order valence-corrected chi connectivity index (χ2v) is 4.12. The first-order valence-corrected chi connectivity index (χ1v) is 6.24. The average Bonchev–Trinajstić information content (AvgIpc) is 2.46. The molecule has 0 heterocycles. The molecule has 1 amide bonds. The molecule has 0 spiro atoms. The highest BCUT2D eigenvalue weighted by molar-refractivity contribution is 5.94. The Morgan fingerprint density at radius 3 is 2.20 bits per heavy atom. The van der Waals surface area contributed by atoms with E-state index in [0.29, 0.717) is 32.1 Å². The van der Waals surface area contributed by atoms with Gasteiger partial charge in [0.2, 0.25) is 0 Å². The van der Waals surface area contributed by atoms with Crippen molar-refractivity contribution < 1.29 is 23.4 Å². The van der Waals surface area contributed by atoms with Gasteiger partial charge in [-0.15, -0.1) is 0 Å². The summed E-state index contributed by atoms with van der Waals surface area (Å²) in [6, 6.07) is 4.17. The summed E-state index contributed by atoms with van der Waals surface area (Å²) < 4.78 is 28.7. The van der Waals surface area contributed by atoms with Crippen LogP contribution in [0.15, 0.2) is 18.2 Å². The summed E-state index contributed by atoms with van der Waals surface area (Å²) in [5, 5.41) is 0. The van der Waals surface area contributed by atoms with Crippen LogP contribution < -0.4 is 4.74 Å². The fourth-order valence-corrected chi connectivity index (χ4v) is 1.68. The molecule has 0 aliphatic rings. The molecule has 1 rings (SSSR count). The highest BCUT2D eigenvalue weighted by Crippen LogP contribution is 2.17. The number of hydrogen-bond acceptors (Lipinski definition) is 4. The smallest absolute Gasteiger partial charge is 0.256 e. The van der Waals surface area contributed by atoms with Gasteiger partial charge in [-0.25, -0.2) is 4.39 Å². The molecule has 0 atom stereocenters. The topological polar surface area (TPSA) is 48.0 Å². The zero-order valence-electron chi connectivity index (χ0n) is 12.0. The van der Waals surface area contributed by atoms with Crippen LogP contribution >= 0.6 is 0 Å². The van der Waals surface area contributed by atoms with Gasteiger partial charge in [-0.1, -0.05) is 0 Å². The largest absolute Gasteiger partial charge is 0.497 e. The minimum Gasteiger partial charge on any atom is -0.497 e. The molecule has 0 saturated heterocycles. The molecule has 0 aromatic heterocycles. The Kier molecular flexibility index (Phi) is 6.97. The first kappa shape index (κ1) is 16.4. The molecule has 0 aliphatic heterocycles. The Morgan fingerprint density at radius 1 is 1.15 bits per heavy atom. The molecule has 0 unspecified atom stereocenters. The van der Waals surface area contributed by atoms with Gasteiger partial charge >= 0.3 is 0 Å². The van der Waals surface area contributed by atoms with E-state index in [2.05, 4.69) is 0 Å². The summed E-state index contributed by atoms with van der Waals surface area (Å²) in [6.07, 6.45) is 0. The average molecular weight is 285 g/mol. The van der Waals surface area contributed by atoms with Gasteiger partial charge < -0.3 is 19.1 Å². The van der Waals surface area contributed by atoms with Crippen molar-refractivity contribution in [1.82, 2.24) is 4.90 Å². The zero-order chi connectivity index (χ0) is 15.0. The number of hydrogen-bond donors (Lipinski definition) is 0. The summed E-state index contributed by atoms with van der Waals surface area (Å²) in [6.45, 7) is 1.52. The fraction of sp³-hybridized carbons (Fsp3) is 0.500. The standard InChI is InChI=1S/C14H20FNO4/c1-18-8-6-16(7-9-19-2)14(17)12-5-4-11(20-3)10-13(12)15/h4-5,10H,6-9H2,1-3H3. The lowest BCUT2D eigenvalue weighted by molar-refractivity contribution is 0.0623. The molecular weight excluding hydrogens is 265 g/mol. The first-order valence-electron chi connectivity index (χ1n) is 6.24. The summed E-state index contributed by atoms with van der Waals surface area (Å²) in [5.74, 6) is -0.618. The van der Waals surface area contributed by atoms with Gasteiger partial charge in [0.25, 0.3) is 5.91 Å². The highest BCUT2D eigenvalue weighted by Gasteiger charge is 2.19. The molecule has 0 N–H and O–H groups in total. The molecule has 0 radical (unpaired) electrons. The number of methoxy groups -OCH3 is 3. The van der Waals surface area contributed by atoms with Crippen molar-refractivity contribution >= 4 is 5.91 Å². The van der Waals surface area contributed by atoms with E-state index in [1.807, 2.05) is 0 Å². The molecule has 1 aromatic carbocycles. The van der Waals surface area contributed by atoms with Crippen LogP contribution in [0.3, 0.4) is 0 Å². The van der Waals surface area contributed by atoms with Crippen LogP contribution in [0.1, 0.15) is 10.4 Å². The SMILES string of the molecule is COCCN(CCOC)C(=O)c1ccc(OC)cc1F. The third kappa shape index (κ3) is 4.47. The summed E-state index contributed by atoms with van der Waals surface area (Å²) in [7, 11) is 4.54. The third-order valence-corrected chi connectivity index (χ3v) is 2.82. The number of carbonyl (C=O) groups is 1. The normalized spacial score (nSPS) is 10.4. The van der Waals surface area contributed by atoms with Crippen molar-refractivity contribution in [2.24, 2.45) is 0 Å². The zero-order valence-corrected chi connectivity index (χ0v) is 12.0. The van der Waals surface area contributed by atoms with E-state index in [1.165, 1.54) is 24.1 Å². The van der Waals surface area contributed by atoms with Crippen LogP contribution in [0.25, 0.3) is 0 Å². The van der Waals surface area contributed by atoms with Crippen LogP contribution in [0.2, 0.25) is 0 Å². The Balaban J connectivity index is 2.86. The van der Waals surface area contributed by atoms with Gasteiger partial charge in [0.1, 0.15) is 11.6 Å². The van der Waals surface area contributed by atoms with E-state index in [-0.39, 0.29) is 11.5 Å². The highest BCUT2D eigenvalue weighted by atomic mass is 19.1. The van der Waals surface area contributed by atoms with E-state index < -0.39 is 5.82 Å². The van der Waals surface area contributed by atoms with Crippen molar-refractivity contribution in [1.29, 1.82) is 0 Å². The van der Waals surface area contributed by atoms with E-state index >= 15 is 0 Å². The van der Waals surface area contributed by atoms with E-state index in [1.54, 1.807) is 20.3 Å². The minimum atomic E-state index is -0.603. The molecule has 5 nitrogen and oxygen atoms in total. The quantitative estimate of drug-likeness (QED) is 0.727. The van der Waals surface area contributed by atoms with Gasteiger partial charge in [0, 0.05) is 33.4 Å². The molecule has 0 fully saturated rings. The summed E-state index contributed by atoms with van der Waals surface area (Å²) in [5.41, 5.74) is 0.0120. The maximum atomic E-state index is 13.9. The molecule has 112 valence electrons. The van der Waals surface area contributed by atoms with E-state index in [9.17, 15) is 9.18 Å². The molecule has 1 aromatic rings. The van der Waals surface area contributed by atoms with Crippen molar-refractivity contribution in [3.63, 3.8) is 0 Å². The lowest BCUT2D eigenvalue weighted by Crippen LogP contribution is -2.36.